The zero-order valence-electron chi connectivity index (χ0n) is 23.5. The van der Waals surface area contributed by atoms with E-state index in [1.54, 1.807) is 26.2 Å². The number of carbonyl (C=O) groups is 1. The van der Waals surface area contributed by atoms with Crippen LogP contribution < -0.4 is 20.5 Å². The number of rotatable bonds is 19. The summed E-state index contributed by atoms with van der Waals surface area (Å²) < 4.78 is 53.8. The summed E-state index contributed by atoms with van der Waals surface area (Å²) in [6.45, 7) is 7.92. The highest BCUT2D eigenvalue weighted by Crippen LogP contribution is 2.33. The predicted octanol–water partition coefficient (Wildman–Crippen LogP) is 4.88. The lowest BCUT2D eigenvalue weighted by atomic mass is 9.82. The summed E-state index contributed by atoms with van der Waals surface area (Å²) in [5.41, 5.74) is 7.23. The van der Waals surface area contributed by atoms with E-state index in [4.69, 9.17) is 19.9 Å². The number of hydrogen-bond donors (Lipinski definition) is 3. The van der Waals surface area contributed by atoms with Crippen molar-refractivity contribution in [2.24, 2.45) is 23.5 Å². The first-order valence-corrected chi connectivity index (χ1v) is 13.5. The molecule has 1 aromatic rings. The standard InChI is InChI=1S/C28H47F3N2O5/c1-6-7-11-33-27(35)20(4)14-24(34)23(32)17-22(19(2)3)15-21-9-10-25(38-18-28(29,30)31)26(16-21)37-13-8-12-36-5/h9-10,16,19-20,22-24,34H,6-8,11-15,17-18,32H2,1-5H3,(H,33,35)/t20-,22+,23+,24+/m1/s1. The summed E-state index contributed by atoms with van der Waals surface area (Å²) in [6, 6.07) is 4.41. The number of nitrogens with one attached hydrogen (secondary N) is 1. The van der Waals surface area contributed by atoms with Gasteiger partial charge in [0.05, 0.1) is 12.7 Å². The molecule has 0 aromatic heterocycles. The Morgan fingerprint density at radius 3 is 2.39 bits per heavy atom. The number of unbranched alkanes of at least 4 members (excludes halogenated alkanes) is 1. The van der Waals surface area contributed by atoms with E-state index in [0.717, 1.165) is 18.4 Å². The third-order valence-corrected chi connectivity index (χ3v) is 6.53. The Labute approximate surface area is 225 Å². The zero-order chi connectivity index (χ0) is 28.7. The van der Waals surface area contributed by atoms with Crippen LogP contribution in [0, 0.1) is 17.8 Å². The predicted molar refractivity (Wildman–Crippen MR) is 142 cm³/mol. The average Bonchev–Trinajstić information content (AvgIpc) is 2.84. The van der Waals surface area contributed by atoms with E-state index in [9.17, 15) is 23.1 Å². The minimum atomic E-state index is -4.46. The van der Waals surface area contributed by atoms with Crippen molar-refractivity contribution in [3.8, 4) is 11.5 Å². The molecule has 0 unspecified atom stereocenters. The third-order valence-electron chi connectivity index (χ3n) is 6.53. The van der Waals surface area contributed by atoms with Crippen LogP contribution >= 0.6 is 0 Å². The number of alkyl halides is 3. The summed E-state index contributed by atoms with van der Waals surface area (Å²) in [5, 5.41) is 13.6. The Kier molecular flexibility index (Phi) is 15.7. The lowest BCUT2D eigenvalue weighted by molar-refractivity contribution is -0.153. The van der Waals surface area contributed by atoms with Crippen molar-refractivity contribution in [1.29, 1.82) is 0 Å². The second-order valence-corrected chi connectivity index (χ2v) is 10.3. The van der Waals surface area contributed by atoms with Crippen LogP contribution in [0.3, 0.4) is 0 Å². The monoisotopic (exact) mass is 548 g/mol. The first-order valence-electron chi connectivity index (χ1n) is 13.5. The van der Waals surface area contributed by atoms with Crippen LogP contribution in [0.15, 0.2) is 18.2 Å². The van der Waals surface area contributed by atoms with E-state index in [2.05, 4.69) is 26.1 Å². The van der Waals surface area contributed by atoms with Gasteiger partial charge in [0.25, 0.3) is 0 Å². The first kappa shape index (κ1) is 34.0. The minimum absolute atomic E-state index is 0.0305. The van der Waals surface area contributed by atoms with Gasteiger partial charge in [0.1, 0.15) is 0 Å². The molecule has 0 aliphatic heterocycles. The number of benzene rings is 1. The molecule has 0 bridgehead atoms. The maximum atomic E-state index is 12.7. The van der Waals surface area contributed by atoms with Gasteiger partial charge in [-0.05, 0) is 55.2 Å². The van der Waals surface area contributed by atoms with Crippen molar-refractivity contribution in [3.63, 3.8) is 0 Å². The molecule has 4 atom stereocenters. The fourth-order valence-electron chi connectivity index (χ4n) is 4.06. The Balaban J connectivity index is 2.87. The lowest BCUT2D eigenvalue weighted by Gasteiger charge is -2.28. The fourth-order valence-corrected chi connectivity index (χ4v) is 4.06. The van der Waals surface area contributed by atoms with Crippen molar-refractivity contribution in [2.45, 2.75) is 84.5 Å². The molecule has 0 spiro atoms. The van der Waals surface area contributed by atoms with Gasteiger partial charge < -0.3 is 30.4 Å². The SMILES string of the molecule is CCCCNC(=O)[C@H](C)C[C@H](O)[C@@H](N)C[C@H](Cc1ccc(OCC(F)(F)F)c(OCCCOC)c1)C(C)C. The summed E-state index contributed by atoms with van der Waals surface area (Å²) in [7, 11) is 1.56. The number of hydrogen-bond acceptors (Lipinski definition) is 6. The van der Waals surface area contributed by atoms with Crippen LogP contribution in [0.1, 0.15) is 65.4 Å². The molecule has 7 nitrogen and oxygen atoms in total. The molecule has 4 N–H and O–H groups in total. The average molecular weight is 549 g/mol. The number of carbonyl (C=O) groups excluding carboxylic acids is 1. The Bertz CT molecular complexity index is 807. The molecule has 38 heavy (non-hydrogen) atoms. The molecule has 0 radical (unpaired) electrons. The normalized spacial score (nSPS) is 15.1. The van der Waals surface area contributed by atoms with Gasteiger partial charge in [0.2, 0.25) is 5.91 Å². The number of ether oxygens (including phenoxy) is 3. The van der Waals surface area contributed by atoms with Gasteiger partial charge in [0, 0.05) is 38.6 Å². The molecule has 0 saturated heterocycles. The van der Waals surface area contributed by atoms with Gasteiger partial charge >= 0.3 is 6.18 Å². The highest BCUT2D eigenvalue weighted by molar-refractivity contribution is 5.78. The molecule has 0 saturated carbocycles. The Hall–Kier alpha value is -2.04. The minimum Gasteiger partial charge on any atom is -0.490 e. The van der Waals surface area contributed by atoms with Gasteiger partial charge in [-0.3, -0.25) is 4.79 Å². The van der Waals surface area contributed by atoms with Crippen LogP contribution in [0.25, 0.3) is 0 Å². The lowest BCUT2D eigenvalue weighted by Crippen LogP contribution is -2.41. The maximum Gasteiger partial charge on any atom is 0.422 e. The van der Waals surface area contributed by atoms with Gasteiger partial charge in [-0.2, -0.15) is 13.2 Å². The second-order valence-electron chi connectivity index (χ2n) is 10.3. The van der Waals surface area contributed by atoms with Crippen LogP contribution in [0.2, 0.25) is 0 Å². The smallest absolute Gasteiger partial charge is 0.422 e. The Morgan fingerprint density at radius 1 is 1.08 bits per heavy atom. The summed E-state index contributed by atoms with van der Waals surface area (Å²) in [4.78, 5) is 12.3. The van der Waals surface area contributed by atoms with E-state index >= 15 is 0 Å². The second kappa shape index (κ2) is 17.5. The van der Waals surface area contributed by atoms with Gasteiger partial charge in [-0.25, -0.2) is 0 Å². The van der Waals surface area contributed by atoms with Crippen LogP contribution in [0.5, 0.6) is 11.5 Å². The number of methoxy groups -OCH3 is 1. The zero-order valence-corrected chi connectivity index (χ0v) is 23.5. The molecule has 220 valence electrons. The fraction of sp³-hybridized carbons (Fsp3) is 0.750. The topological polar surface area (TPSA) is 103 Å². The number of amides is 1. The van der Waals surface area contributed by atoms with E-state index < -0.39 is 24.9 Å². The summed E-state index contributed by atoms with van der Waals surface area (Å²) in [6.07, 6.45) is -1.42. The van der Waals surface area contributed by atoms with E-state index in [-0.39, 0.29) is 48.2 Å². The maximum absolute atomic E-state index is 12.7. The van der Waals surface area contributed by atoms with Crippen molar-refractivity contribution >= 4 is 5.91 Å². The largest absolute Gasteiger partial charge is 0.490 e. The molecular weight excluding hydrogens is 501 g/mol. The molecule has 0 aliphatic carbocycles. The summed E-state index contributed by atoms with van der Waals surface area (Å²) in [5.74, 6) is 0.163. The number of halogens is 3. The van der Waals surface area contributed by atoms with Gasteiger partial charge in [-0.15, -0.1) is 0 Å². The first-order chi connectivity index (χ1) is 17.9. The molecule has 1 rings (SSSR count). The molecule has 0 heterocycles. The number of aliphatic hydroxyl groups excluding tert-OH is 1. The van der Waals surface area contributed by atoms with Gasteiger partial charge in [0.15, 0.2) is 18.1 Å². The van der Waals surface area contributed by atoms with Crippen molar-refractivity contribution in [3.05, 3.63) is 23.8 Å². The highest BCUT2D eigenvalue weighted by atomic mass is 19.4. The molecule has 1 aromatic carbocycles. The van der Waals surface area contributed by atoms with E-state index in [1.807, 2.05) is 0 Å². The molecule has 0 aliphatic rings. The Morgan fingerprint density at radius 2 is 1.79 bits per heavy atom. The quantitative estimate of drug-likeness (QED) is 0.213. The number of nitrogens with two attached hydrogens (primary N) is 1. The van der Waals surface area contributed by atoms with E-state index in [1.165, 1.54) is 6.07 Å². The van der Waals surface area contributed by atoms with Crippen LogP contribution in [0.4, 0.5) is 13.2 Å². The highest BCUT2D eigenvalue weighted by Gasteiger charge is 2.29. The third kappa shape index (κ3) is 13.7. The van der Waals surface area contributed by atoms with Gasteiger partial charge in [-0.1, -0.05) is 40.2 Å². The molecule has 10 heteroatoms. The van der Waals surface area contributed by atoms with Crippen molar-refractivity contribution in [1.82, 2.24) is 5.32 Å². The van der Waals surface area contributed by atoms with Crippen LogP contribution in [-0.2, 0) is 16.0 Å². The summed E-state index contributed by atoms with van der Waals surface area (Å²) >= 11 is 0. The van der Waals surface area contributed by atoms with Crippen molar-refractivity contribution in [2.75, 3.05) is 33.5 Å². The molecular formula is C28H47F3N2O5. The van der Waals surface area contributed by atoms with E-state index in [0.29, 0.717) is 32.4 Å². The molecule has 1 amide bonds. The molecule has 0 fully saturated rings. The number of aliphatic hydroxyl groups is 1. The van der Waals surface area contributed by atoms with Crippen molar-refractivity contribution < 1.29 is 37.3 Å². The van der Waals surface area contributed by atoms with Crippen LogP contribution in [-0.4, -0.2) is 62.8 Å².